The smallest absolute Gasteiger partial charge is 0.341 e. The van der Waals surface area contributed by atoms with Gasteiger partial charge in [-0.25, -0.2) is 4.79 Å². The first-order valence-corrected chi connectivity index (χ1v) is 9.36. The molecule has 0 bridgehead atoms. The molecule has 0 aliphatic rings. The number of ether oxygens (including phenoxy) is 1. The number of nitrogens with two attached hydrogens (primary N) is 1. The number of esters is 1. The summed E-state index contributed by atoms with van der Waals surface area (Å²) in [4.78, 5) is 36.8. The number of nitrogens with zero attached hydrogens (tertiary/aromatic N) is 2. The molecule has 0 saturated carbocycles. The lowest BCUT2D eigenvalue weighted by Crippen LogP contribution is -2.27. The van der Waals surface area contributed by atoms with E-state index in [1.54, 1.807) is 25.5 Å². The number of primary amides is 1. The van der Waals surface area contributed by atoms with Crippen LogP contribution in [-0.4, -0.2) is 34.7 Å². The van der Waals surface area contributed by atoms with E-state index in [4.69, 9.17) is 22.1 Å². The average Bonchev–Trinajstić information content (AvgIpc) is 3.07. The molecule has 0 aliphatic heterocycles. The third kappa shape index (κ3) is 3.84. The van der Waals surface area contributed by atoms with Crippen LogP contribution in [0.25, 0.3) is 0 Å². The van der Waals surface area contributed by atoms with Crippen LogP contribution >= 0.6 is 22.9 Å². The number of aryl methyl sites for hydroxylation is 1. The van der Waals surface area contributed by atoms with Crippen molar-refractivity contribution in [3.05, 3.63) is 32.4 Å². The molecule has 3 N–H and O–H groups in total. The van der Waals surface area contributed by atoms with Gasteiger partial charge in [-0.1, -0.05) is 18.5 Å². The minimum Gasteiger partial charge on any atom is -0.465 e. The van der Waals surface area contributed by atoms with Crippen molar-refractivity contribution in [2.45, 2.75) is 40.2 Å². The fraction of sp³-hybridized carbons (Fsp3) is 0.412. The minimum atomic E-state index is -0.680. The van der Waals surface area contributed by atoms with E-state index in [9.17, 15) is 14.4 Å². The number of carbonyl (C=O) groups excluding carboxylic acids is 3. The Balaban J connectivity index is 2.44. The summed E-state index contributed by atoms with van der Waals surface area (Å²) in [5, 5.41) is 7.76. The summed E-state index contributed by atoms with van der Waals surface area (Å²) in [7, 11) is 1.22. The third-order valence-electron chi connectivity index (χ3n) is 4.22. The Morgan fingerprint density at radius 3 is 2.41 bits per heavy atom. The minimum absolute atomic E-state index is 0.117. The summed E-state index contributed by atoms with van der Waals surface area (Å²) in [5.41, 5.74) is 7.15. The lowest BCUT2D eigenvalue weighted by molar-refractivity contribution is -0.119. The van der Waals surface area contributed by atoms with Gasteiger partial charge < -0.3 is 15.8 Å². The Hall–Kier alpha value is -2.39. The molecule has 2 amide bonds. The highest BCUT2D eigenvalue weighted by Crippen LogP contribution is 2.34. The van der Waals surface area contributed by atoms with Crippen LogP contribution in [0.4, 0.5) is 5.00 Å². The summed E-state index contributed by atoms with van der Waals surface area (Å²) < 4.78 is 6.33. The van der Waals surface area contributed by atoms with E-state index < -0.39 is 17.9 Å². The Bertz CT molecular complexity index is 919. The fourth-order valence-electron chi connectivity index (χ4n) is 2.80. The van der Waals surface area contributed by atoms with Crippen LogP contribution in [0.2, 0.25) is 5.02 Å². The monoisotopic (exact) mass is 412 g/mol. The van der Waals surface area contributed by atoms with Gasteiger partial charge in [0.05, 0.1) is 34.0 Å². The van der Waals surface area contributed by atoms with Gasteiger partial charge in [0.25, 0.3) is 5.91 Å². The van der Waals surface area contributed by atoms with E-state index in [1.165, 1.54) is 7.11 Å². The molecular formula is C17H21ClN4O4S. The molecule has 0 aliphatic carbocycles. The van der Waals surface area contributed by atoms with Crippen molar-refractivity contribution in [1.82, 2.24) is 9.78 Å². The zero-order chi connectivity index (χ0) is 20.5. The van der Waals surface area contributed by atoms with Crippen molar-refractivity contribution < 1.29 is 19.1 Å². The number of hydrogen-bond acceptors (Lipinski definition) is 6. The number of thiophene rings is 1. The number of methoxy groups -OCH3 is 1. The van der Waals surface area contributed by atoms with E-state index in [0.717, 1.165) is 11.3 Å². The molecule has 2 rings (SSSR count). The summed E-state index contributed by atoms with van der Waals surface area (Å²) in [6.45, 7) is 6.95. The molecule has 2 aromatic heterocycles. The van der Waals surface area contributed by atoms with Gasteiger partial charge in [-0.05, 0) is 32.8 Å². The lowest BCUT2D eigenvalue weighted by atomic mass is 10.1. The second kappa shape index (κ2) is 8.10. The quantitative estimate of drug-likeness (QED) is 0.707. The number of carbonyl (C=O) groups is 3. The predicted octanol–water partition coefficient (Wildman–Crippen LogP) is 3.00. The van der Waals surface area contributed by atoms with Crippen molar-refractivity contribution in [1.29, 1.82) is 0 Å². The molecule has 0 saturated heterocycles. The van der Waals surface area contributed by atoms with Crippen molar-refractivity contribution in [3.8, 4) is 0 Å². The Kier molecular flexibility index (Phi) is 6.27. The maximum atomic E-state index is 12.9. The molecule has 2 heterocycles. The molecule has 0 radical (unpaired) electrons. The van der Waals surface area contributed by atoms with Crippen LogP contribution < -0.4 is 11.1 Å². The number of aromatic nitrogens is 2. The third-order valence-corrected chi connectivity index (χ3v) is 5.99. The van der Waals surface area contributed by atoms with Gasteiger partial charge in [-0.15, -0.1) is 11.3 Å². The second-order valence-electron chi connectivity index (χ2n) is 5.96. The molecule has 10 heteroatoms. The lowest BCUT2D eigenvalue weighted by Gasteiger charge is -2.17. The average molecular weight is 413 g/mol. The maximum absolute atomic E-state index is 12.9. The van der Waals surface area contributed by atoms with E-state index in [-0.39, 0.29) is 21.3 Å². The van der Waals surface area contributed by atoms with Crippen molar-refractivity contribution in [2.24, 2.45) is 5.73 Å². The zero-order valence-corrected chi connectivity index (χ0v) is 17.2. The van der Waals surface area contributed by atoms with E-state index in [2.05, 4.69) is 10.4 Å². The Labute approximate surface area is 165 Å². The van der Waals surface area contributed by atoms with Crippen molar-refractivity contribution in [2.75, 3.05) is 12.4 Å². The van der Waals surface area contributed by atoms with E-state index >= 15 is 0 Å². The van der Waals surface area contributed by atoms with Gasteiger partial charge in [-0.2, -0.15) is 5.10 Å². The predicted molar refractivity (Wildman–Crippen MR) is 104 cm³/mol. The second-order valence-corrected chi connectivity index (χ2v) is 7.36. The molecule has 0 spiro atoms. The Morgan fingerprint density at radius 1 is 1.33 bits per heavy atom. The van der Waals surface area contributed by atoms with Crippen LogP contribution in [0.1, 0.15) is 56.4 Å². The Morgan fingerprint density at radius 2 is 1.96 bits per heavy atom. The van der Waals surface area contributed by atoms with E-state index in [1.807, 2.05) is 6.92 Å². The number of hydrogen-bond donors (Lipinski definition) is 2. The molecule has 2 aromatic rings. The number of rotatable bonds is 6. The van der Waals surface area contributed by atoms with Gasteiger partial charge >= 0.3 is 5.97 Å². The molecule has 0 aromatic carbocycles. The molecule has 1 unspecified atom stereocenters. The zero-order valence-electron chi connectivity index (χ0n) is 15.7. The first-order chi connectivity index (χ1) is 12.6. The topological polar surface area (TPSA) is 116 Å². The maximum Gasteiger partial charge on any atom is 0.341 e. The first kappa shape index (κ1) is 20.9. The summed E-state index contributed by atoms with van der Waals surface area (Å²) in [6.07, 6.45) is 0.449. The standard InChI is InChI=1S/C17H21ClN4O4S/c1-6-10(22-9(4)12(18)8(3)21-22)15(24)20-16-11(17(25)26-5)7(2)13(27-16)14(19)23/h10H,6H2,1-5H3,(H2,19,23)(H,20,24). The number of amides is 2. The van der Waals surface area contributed by atoms with E-state index in [0.29, 0.717) is 28.4 Å². The van der Waals surface area contributed by atoms with Gasteiger partial charge in [0.2, 0.25) is 5.91 Å². The number of anilines is 1. The van der Waals surface area contributed by atoms with Gasteiger partial charge in [0, 0.05) is 0 Å². The summed E-state index contributed by atoms with van der Waals surface area (Å²) in [6, 6.07) is -0.638. The normalized spacial score (nSPS) is 11.9. The van der Waals surface area contributed by atoms with Crippen LogP contribution in [0, 0.1) is 20.8 Å². The highest BCUT2D eigenvalue weighted by atomic mass is 35.5. The number of nitrogens with one attached hydrogen (secondary N) is 1. The molecule has 146 valence electrons. The SMILES string of the molecule is CCC(C(=O)Nc1sc(C(N)=O)c(C)c1C(=O)OC)n1nc(C)c(Cl)c1C. The molecule has 8 nitrogen and oxygen atoms in total. The molecular weight excluding hydrogens is 392 g/mol. The van der Waals surface area contributed by atoms with Gasteiger partial charge in [0.15, 0.2) is 0 Å². The van der Waals surface area contributed by atoms with Crippen molar-refractivity contribution in [3.63, 3.8) is 0 Å². The molecule has 1 atom stereocenters. The highest BCUT2D eigenvalue weighted by molar-refractivity contribution is 7.18. The van der Waals surface area contributed by atoms with Gasteiger partial charge in [-0.3, -0.25) is 14.3 Å². The first-order valence-electron chi connectivity index (χ1n) is 8.17. The summed E-state index contributed by atoms with van der Waals surface area (Å²) >= 11 is 7.12. The van der Waals surface area contributed by atoms with Crippen molar-refractivity contribution >= 4 is 45.7 Å². The summed E-state index contributed by atoms with van der Waals surface area (Å²) in [5.74, 6) is -1.73. The van der Waals surface area contributed by atoms with Crippen LogP contribution in [0.3, 0.4) is 0 Å². The largest absolute Gasteiger partial charge is 0.465 e. The van der Waals surface area contributed by atoms with Crippen LogP contribution in [-0.2, 0) is 9.53 Å². The molecule has 0 fully saturated rings. The highest BCUT2D eigenvalue weighted by Gasteiger charge is 2.29. The molecule has 27 heavy (non-hydrogen) atoms. The van der Waals surface area contributed by atoms with Gasteiger partial charge in [0.1, 0.15) is 11.0 Å². The van der Waals surface area contributed by atoms with Crippen LogP contribution in [0.15, 0.2) is 0 Å². The van der Waals surface area contributed by atoms with Crippen LogP contribution in [0.5, 0.6) is 0 Å². The fourth-order valence-corrected chi connectivity index (χ4v) is 3.97. The number of halogens is 1.